The van der Waals surface area contributed by atoms with Crippen LogP contribution in [0.5, 0.6) is 0 Å². The largest absolute Gasteiger partial charge is 0.337 e. The van der Waals surface area contributed by atoms with Crippen LogP contribution in [0.3, 0.4) is 0 Å². The van der Waals surface area contributed by atoms with E-state index in [0.717, 1.165) is 12.0 Å². The summed E-state index contributed by atoms with van der Waals surface area (Å²) in [6, 6.07) is 8.10. The van der Waals surface area contributed by atoms with E-state index in [1.54, 1.807) is 6.92 Å². The maximum atomic E-state index is 12.1. The highest BCUT2D eigenvalue weighted by Gasteiger charge is 2.35. The minimum atomic E-state index is -0.0933. The Morgan fingerprint density at radius 2 is 2.25 bits per heavy atom. The fourth-order valence-electron chi connectivity index (χ4n) is 2.64. The summed E-state index contributed by atoms with van der Waals surface area (Å²) in [5.74, 6) is 1.29. The van der Waals surface area contributed by atoms with Gasteiger partial charge in [-0.05, 0) is 25.8 Å². The van der Waals surface area contributed by atoms with Gasteiger partial charge in [0.15, 0.2) is 5.82 Å². The number of likely N-dealkylation sites (tertiary alicyclic amines) is 1. The Balaban J connectivity index is 1.84. The molecular weight excluding hydrogens is 254 g/mol. The molecular formula is C15H17N3O2. The first-order valence-corrected chi connectivity index (χ1v) is 6.79. The summed E-state index contributed by atoms with van der Waals surface area (Å²) in [4.78, 5) is 18.2. The second kappa shape index (κ2) is 5.07. The van der Waals surface area contributed by atoms with Gasteiger partial charge in [-0.3, -0.25) is 4.79 Å². The first kappa shape index (κ1) is 12.8. The molecule has 1 saturated heterocycles. The molecule has 0 spiro atoms. The lowest BCUT2D eigenvalue weighted by atomic mass is 10.1. The summed E-state index contributed by atoms with van der Waals surface area (Å²) < 4.78 is 5.23. The van der Waals surface area contributed by atoms with Crippen molar-refractivity contribution in [3.63, 3.8) is 0 Å². The van der Waals surface area contributed by atoms with E-state index in [1.165, 1.54) is 5.56 Å². The topological polar surface area (TPSA) is 59.2 Å². The summed E-state index contributed by atoms with van der Waals surface area (Å²) >= 11 is 0. The van der Waals surface area contributed by atoms with Crippen LogP contribution >= 0.6 is 0 Å². The molecule has 5 heteroatoms. The molecule has 5 nitrogen and oxygen atoms in total. The fraction of sp³-hybridized carbons (Fsp3) is 0.400. The number of aryl methyl sites for hydroxylation is 2. The second-order valence-electron chi connectivity index (χ2n) is 5.24. The lowest BCUT2D eigenvalue weighted by molar-refractivity contribution is -0.129. The number of benzene rings is 1. The van der Waals surface area contributed by atoms with Crippen LogP contribution in [0.25, 0.3) is 0 Å². The number of carbonyl (C=O) groups is 1. The molecule has 1 aliphatic heterocycles. The van der Waals surface area contributed by atoms with Gasteiger partial charge < -0.3 is 9.42 Å². The molecule has 0 saturated carbocycles. The van der Waals surface area contributed by atoms with E-state index in [9.17, 15) is 4.79 Å². The lowest BCUT2D eigenvalue weighted by Crippen LogP contribution is -2.27. The van der Waals surface area contributed by atoms with Crippen molar-refractivity contribution in [2.45, 2.75) is 39.3 Å². The first-order chi connectivity index (χ1) is 9.63. The molecule has 1 aromatic carbocycles. The van der Waals surface area contributed by atoms with Crippen LogP contribution in [-0.4, -0.2) is 20.9 Å². The van der Waals surface area contributed by atoms with Crippen LogP contribution in [-0.2, 0) is 11.3 Å². The number of hydrogen-bond acceptors (Lipinski definition) is 4. The number of carbonyl (C=O) groups excluding carboxylic acids is 1. The van der Waals surface area contributed by atoms with Gasteiger partial charge >= 0.3 is 0 Å². The molecule has 0 radical (unpaired) electrons. The zero-order valence-electron chi connectivity index (χ0n) is 11.7. The van der Waals surface area contributed by atoms with Gasteiger partial charge in [-0.25, -0.2) is 0 Å². The zero-order chi connectivity index (χ0) is 14.1. The van der Waals surface area contributed by atoms with Crippen LogP contribution in [0.2, 0.25) is 0 Å². The maximum absolute atomic E-state index is 12.1. The average Bonchev–Trinajstić information content (AvgIpc) is 2.97. The summed E-state index contributed by atoms with van der Waals surface area (Å²) in [7, 11) is 0. The molecule has 1 fully saturated rings. The number of amides is 1. The van der Waals surface area contributed by atoms with Gasteiger partial charge in [-0.15, -0.1) is 0 Å². The van der Waals surface area contributed by atoms with E-state index in [-0.39, 0.29) is 11.9 Å². The number of nitrogens with zero attached hydrogens (tertiary/aromatic N) is 3. The van der Waals surface area contributed by atoms with Crippen molar-refractivity contribution in [3.8, 4) is 0 Å². The fourth-order valence-corrected chi connectivity index (χ4v) is 2.64. The van der Waals surface area contributed by atoms with Crippen molar-refractivity contribution in [2.24, 2.45) is 0 Å². The van der Waals surface area contributed by atoms with E-state index in [2.05, 4.69) is 16.2 Å². The van der Waals surface area contributed by atoms with Gasteiger partial charge in [0.2, 0.25) is 11.8 Å². The van der Waals surface area contributed by atoms with Gasteiger partial charge in [0.25, 0.3) is 0 Å². The summed E-state index contributed by atoms with van der Waals surface area (Å²) in [6.45, 7) is 4.43. The van der Waals surface area contributed by atoms with Crippen LogP contribution in [0, 0.1) is 13.8 Å². The van der Waals surface area contributed by atoms with Crippen LogP contribution in [0.1, 0.15) is 41.7 Å². The Labute approximate surface area is 117 Å². The quantitative estimate of drug-likeness (QED) is 0.860. The molecule has 1 amide bonds. The molecule has 3 rings (SSSR count). The minimum Gasteiger partial charge on any atom is -0.337 e. The monoisotopic (exact) mass is 271 g/mol. The lowest BCUT2D eigenvalue weighted by Gasteiger charge is -2.22. The third kappa shape index (κ3) is 2.43. The summed E-state index contributed by atoms with van der Waals surface area (Å²) in [5.41, 5.74) is 2.32. The van der Waals surface area contributed by atoms with Gasteiger partial charge in [0, 0.05) is 13.0 Å². The standard InChI is InChI=1S/C15H17N3O2/c1-10-4-3-5-12(8-10)9-18-13(6-7-14(18)19)15-16-11(2)17-20-15/h3-5,8,13H,6-7,9H2,1-2H3/t13-/m0/s1. The summed E-state index contributed by atoms with van der Waals surface area (Å²) in [5, 5.41) is 3.82. The molecule has 104 valence electrons. The average molecular weight is 271 g/mol. The molecule has 20 heavy (non-hydrogen) atoms. The molecule has 0 bridgehead atoms. The van der Waals surface area contributed by atoms with Gasteiger partial charge in [0.1, 0.15) is 6.04 Å². The normalized spacial score (nSPS) is 18.8. The zero-order valence-corrected chi connectivity index (χ0v) is 11.7. The molecule has 1 atom stereocenters. The highest BCUT2D eigenvalue weighted by atomic mass is 16.5. The van der Waals surface area contributed by atoms with Crippen LogP contribution in [0.15, 0.2) is 28.8 Å². The Kier molecular flexibility index (Phi) is 3.26. The maximum Gasteiger partial charge on any atom is 0.249 e. The van der Waals surface area contributed by atoms with E-state index in [1.807, 2.05) is 30.0 Å². The van der Waals surface area contributed by atoms with Crippen molar-refractivity contribution in [1.29, 1.82) is 0 Å². The first-order valence-electron chi connectivity index (χ1n) is 6.79. The predicted octanol–water partition coefficient (Wildman–Crippen LogP) is 2.55. The van der Waals surface area contributed by atoms with Crippen molar-refractivity contribution in [2.75, 3.05) is 0 Å². The van der Waals surface area contributed by atoms with E-state index >= 15 is 0 Å². The van der Waals surface area contributed by atoms with Crippen molar-refractivity contribution >= 4 is 5.91 Å². The third-order valence-corrected chi connectivity index (χ3v) is 3.59. The van der Waals surface area contributed by atoms with Gasteiger partial charge in [-0.2, -0.15) is 4.98 Å². The number of rotatable bonds is 3. The Morgan fingerprint density at radius 1 is 1.40 bits per heavy atom. The molecule has 0 N–H and O–H groups in total. The van der Waals surface area contributed by atoms with E-state index in [4.69, 9.17) is 4.52 Å². The minimum absolute atomic E-state index is 0.0933. The predicted molar refractivity (Wildman–Crippen MR) is 72.7 cm³/mol. The highest BCUT2D eigenvalue weighted by Crippen LogP contribution is 2.33. The molecule has 0 unspecified atom stereocenters. The van der Waals surface area contributed by atoms with Crippen molar-refractivity contribution in [3.05, 3.63) is 47.1 Å². The highest BCUT2D eigenvalue weighted by molar-refractivity contribution is 5.78. The van der Waals surface area contributed by atoms with Crippen LogP contribution < -0.4 is 0 Å². The Hall–Kier alpha value is -2.17. The summed E-state index contributed by atoms with van der Waals surface area (Å²) in [6.07, 6.45) is 1.28. The SMILES string of the molecule is Cc1cccc(CN2C(=O)CC[C@H]2c2nc(C)no2)c1. The number of aromatic nitrogens is 2. The number of hydrogen-bond donors (Lipinski definition) is 0. The van der Waals surface area contributed by atoms with E-state index in [0.29, 0.717) is 24.7 Å². The molecule has 1 aliphatic rings. The third-order valence-electron chi connectivity index (χ3n) is 3.59. The second-order valence-corrected chi connectivity index (χ2v) is 5.24. The van der Waals surface area contributed by atoms with Crippen LogP contribution in [0.4, 0.5) is 0 Å². The molecule has 1 aromatic heterocycles. The molecule has 2 aromatic rings. The molecule has 0 aliphatic carbocycles. The van der Waals surface area contributed by atoms with Crippen molar-refractivity contribution in [1.82, 2.24) is 15.0 Å². The molecule has 2 heterocycles. The van der Waals surface area contributed by atoms with Crippen molar-refractivity contribution < 1.29 is 9.32 Å². The smallest absolute Gasteiger partial charge is 0.249 e. The van der Waals surface area contributed by atoms with Gasteiger partial charge in [-0.1, -0.05) is 35.0 Å². The Bertz CT molecular complexity index is 636. The van der Waals surface area contributed by atoms with Gasteiger partial charge in [0.05, 0.1) is 0 Å². The Morgan fingerprint density at radius 3 is 2.95 bits per heavy atom. The van der Waals surface area contributed by atoms with E-state index < -0.39 is 0 Å².